The minimum absolute atomic E-state index is 0.271. The smallest absolute Gasteiger partial charge is 0.326 e. The van der Waals surface area contributed by atoms with Crippen LogP contribution in [0.15, 0.2) is 23.4 Å². The SMILES string of the molecule is CCOC(=O)C(C)(CSc1ncccc1Cl)NC. The summed E-state index contributed by atoms with van der Waals surface area (Å²) in [5.74, 6) is 0.228. The zero-order chi connectivity index (χ0) is 13.6. The molecule has 6 heteroatoms. The van der Waals surface area contributed by atoms with Crippen LogP contribution >= 0.6 is 23.4 Å². The van der Waals surface area contributed by atoms with E-state index in [1.54, 1.807) is 39.2 Å². The Hall–Kier alpha value is -0.780. The van der Waals surface area contributed by atoms with Gasteiger partial charge in [-0.1, -0.05) is 11.6 Å². The molecule has 0 amide bonds. The van der Waals surface area contributed by atoms with Crippen LogP contribution in [0.25, 0.3) is 0 Å². The van der Waals surface area contributed by atoms with Gasteiger partial charge in [-0.15, -0.1) is 11.8 Å². The van der Waals surface area contributed by atoms with Crippen LogP contribution < -0.4 is 5.32 Å². The van der Waals surface area contributed by atoms with Crippen molar-refractivity contribution in [2.24, 2.45) is 0 Å². The molecular weight excluding hydrogens is 272 g/mol. The molecule has 1 heterocycles. The highest BCUT2D eigenvalue weighted by atomic mass is 35.5. The first-order valence-electron chi connectivity index (χ1n) is 5.63. The number of carbonyl (C=O) groups is 1. The van der Waals surface area contributed by atoms with Crippen molar-refractivity contribution < 1.29 is 9.53 Å². The van der Waals surface area contributed by atoms with Crippen LogP contribution in [0.1, 0.15) is 13.8 Å². The van der Waals surface area contributed by atoms with Gasteiger partial charge in [0.05, 0.1) is 11.6 Å². The lowest BCUT2D eigenvalue weighted by Gasteiger charge is -2.26. The molecule has 1 rings (SSSR count). The van der Waals surface area contributed by atoms with Crippen LogP contribution in [-0.2, 0) is 9.53 Å². The van der Waals surface area contributed by atoms with Crippen molar-refractivity contribution in [3.63, 3.8) is 0 Å². The molecule has 0 aromatic carbocycles. The van der Waals surface area contributed by atoms with Gasteiger partial charge in [0.1, 0.15) is 10.6 Å². The summed E-state index contributed by atoms with van der Waals surface area (Å²) in [7, 11) is 1.73. The number of rotatable bonds is 6. The highest BCUT2D eigenvalue weighted by Gasteiger charge is 2.33. The van der Waals surface area contributed by atoms with Crippen LogP contribution in [-0.4, -0.2) is 35.9 Å². The van der Waals surface area contributed by atoms with Gasteiger partial charge in [0.15, 0.2) is 0 Å². The van der Waals surface area contributed by atoms with Gasteiger partial charge in [-0.2, -0.15) is 0 Å². The fraction of sp³-hybridized carbons (Fsp3) is 0.500. The number of hydrogen-bond donors (Lipinski definition) is 1. The zero-order valence-electron chi connectivity index (χ0n) is 10.7. The summed E-state index contributed by atoms with van der Waals surface area (Å²) in [4.78, 5) is 16.0. The van der Waals surface area contributed by atoms with Gasteiger partial charge < -0.3 is 10.1 Å². The van der Waals surface area contributed by atoms with E-state index in [0.29, 0.717) is 22.4 Å². The summed E-state index contributed by atoms with van der Waals surface area (Å²) in [6, 6.07) is 3.55. The highest BCUT2D eigenvalue weighted by Crippen LogP contribution is 2.27. The molecule has 1 aromatic rings. The van der Waals surface area contributed by atoms with Crippen LogP contribution in [0.4, 0.5) is 0 Å². The topological polar surface area (TPSA) is 51.2 Å². The maximum Gasteiger partial charge on any atom is 0.326 e. The third kappa shape index (κ3) is 3.86. The predicted octanol–water partition coefficient (Wildman–Crippen LogP) is 2.37. The van der Waals surface area contributed by atoms with Gasteiger partial charge in [0.2, 0.25) is 0 Å². The van der Waals surface area contributed by atoms with Gasteiger partial charge in [0, 0.05) is 11.9 Å². The molecule has 100 valence electrons. The third-order valence-corrected chi connectivity index (χ3v) is 4.24. The number of carbonyl (C=O) groups excluding carboxylic acids is 1. The van der Waals surface area contributed by atoms with Gasteiger partial charge in [-0.25, -0.2) is 4.98 Å². The Morgan fingerprint density at radius 1 is 1.67 bits per heavy atom. The summed E-state index contributed by atoms with van der Waals surface area (Å²) in [6.45, 7) is 3.96. The molecule has 0 aliphatic carbocycles. The molecule has 0 saturated heterocycles. The fourth-order valence-electron chi connectivity index (χ4n) is 1.21. The Morgan fingerprint density at radius 2 is 2.39 bits per heavy atom. The monoisotopic (exact) mass is 288 g/mol. The van der Waals surface area contributed by atoms with Crippen LogP contribution in [0.2, 0.25) is 5.02 Å². The summed E-state index contributed by atoms with van der Waals surface area (Å²) in [5, 5.41) is 4.29. The molecule has 0 aliphatic rings. The third-order valence-electron chi connectivity index (χ3n) is 2.50. The Balaban J connectivity index is 2.70. The highest BCUT2D eigenvalue weighted by molar-refractivity contribution is 7.99. The number of nitrogens with zero attached hydrogens (tertiary/aromatic N) is 1. The second kappa shape index (κ2) is 6.97. The average Bonchev–Trinajstić information content (AvgIpc) is 2.37. The van der Waals surface area contributed by atoms with Crippen LogP contribution in [0, 0.1) is 0 Å². The molecule has 1 N–H and O–H groups in total. The van der Waals surface area contributed by atoms with E-state index in [1.165, 1.54) is 11.8 Å². The molecule has 0 fully saturated rings. The van der Waals surface area contributed by atoms with Gasteiger partial charge in [0.25, 0.3) is 0 Å². The first kappa shape index (κ1) is 15.3. The molecule has 0 spiro atoms. The predicted molar refractivity (Wildman–Crippen MR) is 74.1 cm³/mol. The minimum atomic E-state index is -0.748. The lowest BCUT2D eigenvalue weighted by Crippen LogP contribution is -2.50. The normalized spacial score (nSPS) is 14.0. The number of halogens is 1. The molecule has 1 aromatic heterocycles. The molecule has 4 nitrogen and oxygen atoms in total. The number of ether oxygens (including phenoxy) is 1. The number of pyridine rings is 1. The Morgan fingerprint density at radius 3 is 2.94 bits per heavy atom. The molecule has 0 aliphatic heterocycles. The number of hydrogen-bond acceptors (Lipinski definition) is 5. The first-order chi connectivity index (χ1) is 8.53. The van der Waals surface area contributed by atoms with Crippen LogP contribution in [0.3, 0.4) is 0 Å². The maximum absolute atomic E-state index is 11.9. The van der Waals surface area contributed by atoms with E-state index >= 15 is 0 Å². The molecule has 1 unspecified atom stereocenters. The second-order valence-corrected chi connectivity index (χ2v) is 5.25. The van der Waals surface area contributed by atoms with Crippen LogP contribution in [0.5, 0.6) is 0 Å². The van der Waals surface area contributed by atoms with Crippen molar-refractivity contribution in [1.82, 2.24) is 10.3 Å². The lowest BCUT2D eigenvalue weighted by molar-refractivity contribution is -0.149. The average molecular weight is 289 g/mol. The van der Waals surface area contributed by atoms with Crippen molar-refractivity contribution in [2.75, 3.05) is 19.4 Å². The number of thioether (sulfide) groups is 1. The number of likely N-dealkylation sites (N-methyl/N-ethyl adjacent to an activating group) is 1. The van der Waals surface area contributed by atoms with Gasteiger partial charge in [-0.05, 0) is 33.0 Å². The van der Waals surface area contributed by atoms with Crippen molar-refractivity contribution in [3.05, 3.63) is 23.4 Å². The number of aromatic nitrogens is 1. The fourth-order valence-corrected chi connectivity index (χ4v) is 2.53. The quantitative estimate of drug-likeness (QED) is 0.643. The minimum Gasteiger partial charge on any atom is -0.465 e. The van der Waals surface area contributed by atoms with Crippen molar-refractivity contribution in [2.45, 2.75) is 24.4 Å². The number of esters is 1. The molecule has 0 radical (unpaired) electrons. The van der Waals surface area contributed by atoms with Crippen molar-refractivity contribution in [3.8, 4) is 0 Å². The van der Waals surface area contributed by atoms with Gasteiger partial charge >= 0.3 is 5.97 Å². The molecule has 1 atom stereocenters. The first-order valence-corrected chi connectivity index (χ1v) is 6.99. The Kier molecular flexibility index (Phi) is 5.91. The summed E-state index contributed by atoms with van der Waals surface area (Å²) >= 11 is 7.44. The van der Waals surface area contributed by atoms with E-state index in [1.807, 2.05) is 0 Å². The van der Waals surface area contributed by atoms with Gasteiger partial charge in [-0.3, -0.25) is 4.79 Å². The standard InChI is InChI=1S/C12H17ClN2O2S/c1-4-17-11(16)12(2,14-3)8-18-10-9(13)6-5-7-15-10/h5-7,14H,4,8H2,1-3H3. The van der Waals surface area contributed by atoms with E-state index in [9.17, 15) is 4.79 Å². The maximum atomic E-state index is 11.9. The molecule has 0 saturated carbocycles. The molecule has 18 heavy (non-hydrogen) atoms. The van der Waals surface area contributed by atoms with E-state index < -0.39 is 5.54 Å². The number of nitrogens with one attached hydrogen (secondary N) is 1. The largest absolute Gasteiger partial charge is 0.465 e. The Labute approximate surface area is 116 Å². The van der Waals surface area contributed by atoms with Crippen molar-refractivity contribution in [1.29, 1.82) is 0 Å². The Bertz CT molecular complexity index is 417. The van der Waals surface area contributed by atoms with E-state index in [2.05, 4.69) is 10.3 Å². The molecular formula is C12H17ClN2O2S. The van der Waals surface area contributed by atoms with E-state index in [-0.39, 0.29) is 5.97 Å². The molecule has 0 bridgehead atoms. The lowest BCUT2D eigenvalue weighted by atomic mass is 10.1. The summed E-state index contributed by atoms with van der Waals surface area (Å²) in [6.07, 6.45) is 1.68. The van der Waals surface area contributed by atoms with E-state index in [0.717, 1.165) is 0 Å². The summed E-state index contributed by atoms with van der Waals surface area (Å²) in [5.41, 5.74) is -0.748. The second-order valence-electron chi connectivity index (χ2n) is 3.88. The summed E-state index contributed by atoms with van der Waals surface area (Å²) < 4.78 is 5.05. The zero-order valence-corrected chi connectivity index (χ0v) is 12.3. The van der Waals surface area contributed by atoms with Crippen molar-refractivity contribution >= 4 is 29.3 Å². The van der Waals surface area contributed by atoms with E-state index in [4.69, 9.17) is 16.3 Å².